The molecule has 0 bridgehead atoms. The summed E-state index contributed by atoms with van der Waals surface area (Å²) in [6.45, 7) is 11.8. The molecule has 0 radical (unpaired) electrons. The second-order valence-corrected chi connectivity index (χ2v) is 12.2. The third-order valence-corrected chi connectivity index (χ3v) is 8.51. The number of allylic oxidation sites excluding steroid dienone is 1. The first-order valence-electron chi connectivity index (χ1n) is 15.3. The average Bonchev–Trinajstić information content (AvgIpc) is 2.91. The Bertz CT molecular complexity index is 1150. The molecule has 1 saturated carbocycles. The van der Waals surface area contributed by atoms with Crippen molar-refractivity contribution < 1.29 is 14.9 Å². The molecule has 1 heterocycles. The molecule has 6 nitrogen and oxygen atoms in total. The molecule has 2 aliphatic rings. The number of aromatic hydroxyl groups is 2. The van der Waals surface area contributed by atoms with Gasteiger partial charge in [-0.2, -0.15) is 0 Å². The Balaban J connectivity index is 0.00000226. The van der Waals surface area contributed by atoms with Crippen LogP contribution in [0.5, 0.6) is 11.5 Å². The highest BCUT2D eigenvalue weighted by Crippen LogP contribution is 2.45. The summed E-state index contributed by atoms with van der Waals surface area (Å²) in [4.78, 5) is 2.47. The Morgan fingerprint density at radius 1 is 1.07 bits per heavy atom. The molecule has 7 heteroatoms. The molecule has 0 aromatic heterocycles. The van der Waals surface area contributed by atoms with E-state index in [1.807, 2.05) is 26.8 Å². The maximum atomic E-state index is 10.5. The number of ether oxygens (including phenoxy) is 1. The van der Waals surface area contributed by atoms with Gasteiger partial charge in [-0.3, -0.25) is 5.32 Å². The number of hydrogen-bond donors (Lipinski definition) is 4. The van der Waals surface area contributed by atoms with Crippen LogP contribution in [0, 0.1) is 0 Å². The van der Waals surface area contributed by atoms with Crippen molar-refractivity contribution in [1.29, 1.82) is 0 Å². The Morgan fingerprint density at radius 3 is 2.37 bits per heavy atom. The van der Waals surface area contributed by atoms with Crippen LogP contribution in [0.2, 0.25) is 0 Å². The lowest BCUT2D eigenvalue weighted by molar-refractivity contribution is -0.0204. The molecule has 4 rings (SSSR count). The Morgan fingerprint density at radius 2 is 1.76 bits per heavy atom. The lowest BCUT2D eigenvalue weighted by Crippen LogP contribution is -2.43. The maximum absolute atomic E-state index is 10.5. The molecule has 226 valence electrons. The quantitative estimate of drug-likeness (QED) is 0.165. The highest BCUT2D eigenvalue weighted by atomic mass is 79.9. The van der Waals surface area contributed by atoms with Crippen molar-refractivity contribution in [3.63, 3.8) is 0 Å². The highest BCUT2D eigenvalue weighted by Gasteiger charge is 2.26. The van der Waals surface area contributed by atoms with E-state index in [0.717, 1.165) is 78.2 Å². The molecule has 5 N–H and O–H groups in total. The van der Waals surface area contributed by atoms with Crippen molar-refractivity contribution in [2.45, 2.75) is 104 Å². The van der Waals surface area contributed by atoms with Gasteiger partial charge in [-0.05, 0) is 131 Å². The molecule has 41 heavy (non-hydrogen) atoms. The zero-order valence-electron chi connectivity index (χ0n) is 25.5. The summed E-state index contributed by atoms with van der Waals surface area (Å²) >= 11 is 3.58. The second kappa shape index (κ2) is 16.2. The van der Waals surface area contributed by atoms with Crippen molar-refractivity contribution in [2.24, 2.45) is 5.73 Å². The SMILES string of the molecule is C/C(=C\C(=C/N)CN(c1ccc(Br)cc1)C1CCCC(OC(C)C)NCC1)c1cc(O)c(O)c(C2CCC2)c1.CC. The van der Waals surface area contributed by atoms with E-state index in [9.17, 15) is 10.2 Å². The first kappa shape index (κ1) is 33.0. The first-order valence-corrected chi connectivity index (χ1v) is 16.1. The number of phenolic OH excluding ortho intramolecular Hbond substituents is 2. The van der Waals surface area contributed by atoms with Crippen LogP contribution in [-0.2, 0) is 4.74 Å². The predicted octanol–water partition coefficient (Wildman–Crippen LogP) is 8.19. The van der Waals surface area contributed by atoms with Crippen LogP contribution in [0.4, 0.5) is 5.69 Å². The van der Waals surface area contributed by atoms with Gasteiger partial charge in [0.1, 0.15) is 6.23 Å². The van der Waals surface area contributed by atoms with Crippen molar-refractivity contribution in [2.75, 3.05) is 18.0 Å². The Labute approximate surface area is 255 Å². The molecule has 0 spiro atoms. The van der Waals surface area contributed by atoms with Crippen molar-refractivity contribution in [3.05, 3.63) is 69.8 Å². The molecule has 2 aromatic carbocycles. The molecule has 2 aromatic rings. The molecular weight excluding hydrogens is 578 g/mol. The number of nitrogens with one attached hydrogen (secondary N) is 1. The number of anilines is 1. The first-order chi connectivity index (χ1) is 19.7. The number of hydrogen-bond acceptors (Lipinski definition) is 6. The maximum Gasteiger partial charge on any atom is 0.160 e. The summed E-state index contributed by atoms with van der Waals surface area (Å²) < 4.78 is 7.10. The molecule has 2 fully saturated rings. The van der Waals surface area contributed by atoms with Crippen LogP contribution in [0.25, 0.3) is 5.57 Å². The molecule has 1 aliphatic heterocycles. The summed E-state index contributed by atoms with van der Waals surface area (Å²) in [6.07, 6.45) is 11.5. The Kier molecular flexibility index (Phi) is 13.1. The normalized spacial score (nSPS) is 20.5. The van der Waals surface area contributed by atoms with E-state index in [1.165, 1.54) is 5.69 Å². The van der Waals surface area contributed by atoms with Gasteiger partial charge in [-0.15, -0.1) is 0 Å². The molecule has 2 atom stereocenters. The molecule has 1 aliphatic carbocycles. The monoisotopic (exact) mass is 627 g/mol. The van der Waals surface area contributed by atoms with E-state index in [4.69, 9.17) is 10.5 Å². The summed E-state index contributed by atoms with van der Waals surface area (Å²) in [6, 6.07) is 12.5. The standard InChI is InChI=1S/C32H44BrN3O3.C2H6/c1-21(2)39-31-9-5-8-27(14-15-35-31)36(28-12-10-26(33)11-13-28)20-23(19-34)16-22(3)25-17-29(24-6-4-7-24)32(38)30(37)18-25;1-2/h10-13,16-19,21,24,27,31,35,37-38H,4-9,14-15,20,34H2,1-3H3;1-2H3/b22-16+,23-19+;. The van der Waals surface area contributed by atoms with Gasteiger partial charge in [0.25, 0.3) is 0 Å². The lowest BCUT2D eigenvalue weighted by atomic mass is 9.78. The van der Waals surface area contributed by atoms with Gasteiger partial charge in [0.15, 0.2) is 11.5 Å². The molecule has 2 unspecified atom stereocenters. The number of nitrogens with zero attached hydrogens (tertiary/aromatic N) is 1. The van der Waals surface area contributed by atoms with Gasteiger partial charge in [0.2, 0.25) is 0 Å². The zero-order chi connectivity index (χ0) is 29.9. The van der Waals surface area contributed by atoms with Gasteiger partial charge in [0.05, 0.1) is 6.10 Å². The average molecular weight is 629 g/mol. The van der Waals surface area contributed by atoms with E-state index in [2.05, 4.69) is 70.3 Å². The van der Waals surface area contributed by atoms with E-state index >= 15 is 0 Å². The number of rotatable bonds is 9. The summed E-state index contributed by atoms with van der Waals surface area (Å²) in [5.41, 5.74) is 11.1. The third-order valence-electron chi connectivity index (χ3n) is 7.98. The number of benzene rings is 2. The Hall–Kier alpha value is -2.48. The summed E-state index contributed by atoms with van der Waals surface area (Å²) in [5.74, 6) is 0.282. The minimum Gasteiger partial charge on any atom is -0.504 e. The predicted molar refractivity (Wildman–Crippen MR) is 175 cm³/mol. The van der Waals surface area contributed by atoms with Gasteiger partial charge >= 0.3 is 0 Å². The van der Waals surface area contributed by atoms with E-state index < -0.39 is 0 Å². The molecular formula is C34H50BrN3O3. The summed E-state index contributed by atoms with van der Waals surface area (Å²) in [7, 11) is 0. The van der Waals surface area contributed by atoms with Crippen LogP contribution in [-0.4, -0.2) is 41.7 Å². The van der Waals surface area contributed by atoms with Crippen LogP contribution in [0.3, 0.4) is 0 Å². The topological polar surface area (TPSA) is 91.0 Å². The van der Waals surface area contributed by atoms with Gasteiger partial charge in [-0.1, -0.05) is 42.3 Å². The fourth-order valence-electron chi connectivity index (χ4n) is 5.62. The van der Waals surface area contributed by atoms with Crippen molar-refractivity contribution >= 4 is 27.2 Å². The van der Waals surface area contributed by atoms with E-state index in [1.54, 1.807) is 12.3 Å². The van der Waals surface area contributed by atoms with Crippen LogP contribution >= 0.6 is 15.9 Å². The zero-order valence-corrected chi connectivity index (χ0v) is 27.1. The molecule has 0 amide bonds. The largest absolute Gasteiger partial charge is 0.504 e. The van der Waals surface area contributed by atoms with Crippen molar-refractivity contribution in [3.8, 4) is 11.5 Å². The second-order valence-electron chi connectivity index (χ2n) is 11.2. The third kappa shape index (κ3) is 9.25. The van der Waals surface area contributed by atoms with Crippen LogP contribution < -0.4 is 16.0 Å². The number of halogens is 1. The van der Waals surface area contributed by atoms with Gasteiger partial charge in [0, 0.05) is 28.3 Å². The molecule has 1 saturated heterocycles. The minimum atomic E-state index is -0.0568. The number of nitrogens with two attached hydrogens (primary N) is 1. The van der Waals surface area contributed by atoms with Crippen molar-refractivity contribution in [1.82, 2.24) is 5.32 Å². The lowest BCUT2D eigenvalue weighted by Gasteiger charge is -2.37. The van der Waals surface area contributed by atoms with E-state index in [0.29, 0.717) is 18.5 Å². The fourth-order valence-corrected chi connectivity index (χ4v) is 5.88. The van der Waals surface area contributed by atoms with Crippen LogP contribution in [0.1, 0.15) is 96.6 Å². The smallest absolute Gasteiger partial charge is 0.160 e. The minimum absolute atomic E-state index is 0.0196. The highest BCUT2D eigenvalue weighted by molar-refractivity contribution is 9.10. The fraction of sp³-hybridized carbons (Fsp3) is 0.529. The number of phenols is 2. The van der Waals surface area contributed by atoms with E-state index in [-0.39, 0.29) is 23.8 Å². The summed E-state index contributed by atoms with van der Waals surface area (Å²) in [5, 5.41) is 24.5. The van der Waals surface area contributed by atoms with Gasteiger partial charge in [-0.25, -0.2) is 0 Å². The van der Waals surface area contributed by atoms with Gasteiger partial charge < -0.3 is 25.6 Å². The van der Waals surface area contributed by atoms with Crippen LogP contribution in [0.15, 0.2) is 58.7 Å².